The Morgan fingerprint density at radius 2 is 1.91 bits per heavy atom. The van der Waals surface area contributed by atoms with E-state index in [1.54, 1.807) is 0 Å². The van der Waals surface area contributed by atoms with Gasteiger partial charge in [0.1, 0.15) is 0 Å². The second-order valence-electron chi connectivity index (χ2n) is 5.01. The second kappa shape index (κ2) is 11.8. The van der Waals surface area contributed by atoms with Crippen molar-refractivity contribution in [1.29, 1.82) is 0 Å². The summed E-state index contributed by atoms with van der Waals surface area (Å²) in [7, 11) is 0. The molecule has 0 spiro atoms. The van der Waals surface area contributed by atoms with E-state index in [9.17, 15) is 9.90 Å². The van der Waals surface area contributed by atoms with E-state index >= 15 is 0 Å². The summed E-state index contributed by atoms with van der Waals surface area (Å²) in [4.78, 5) is 21.2. The lowest BCUT2D eigenvalue weighted by atomic mass is 10.1. The van der Waals surface area contributed by atoms with E-state index in [0.29, 0.717) is 17.1 Å². The fourth-order valence-electron chi connectivity index (χ4n) is 2.12. The molecule has 128 valence electrons. The smallest absolute Gasteiger partial charge is 0.258 e. The highest BCUT2D eigenvalue weighted by atomic mass is 35.5. The Kier molecular flexibility index (Phi) is 11.4. The summed E-state index contributed by atoms with van der Waals surface area (Å²) in [5.41, 5.74) is 0.209. The average molecular weight is 349 g/mol. The number of aromatic nitrogens is 2. The van der Waals surface area contributed by atoms with Crippen LogP contribution in [0, 0.1) is 0 Å². The van der Waals surface area contributed by atoms with Crippen LogP contribution in [0.1, 0.15) is 45.6 Å². The maximum atomic E-state index is 12.0. The van der Waals surface area contributed by atoms with Gasteiger partial charge in [0, 0.05) is 12.3 Å². The number of hydrogen-bond donors (Lipinski definition) is 2. The highest BCUT2D eigenvalue weighted by molar-refractivity contribution is 7.99. The number of unbranched alkanes of at least 4 members (excludes halogenated alkanes) is 2. The number of nitrogens with one attached hydrogen (secondary N) is 1. The van der Waals surface area contributed by atoms with Crippen molar-refractivity contribution in [1.82, 2.24) is 14.9 Å². The first-order valence-electron chi connectivity index (χ1n) is 7.79. The predicted octanol–water partition coefficient (Wildman–Crippen LogP) is -0.354. The number of hydrogen-bond acceptors (Lipinski definition) is 5. The Morgan fingerprint density at radius 1 is 1.23 bits per heavy atom. The Hall–Kier alpha value is -0.720. The standard InChI is InChI=1S/C15H27N3O2S.ClH/c1-4-7-8-9-12-13(19)16-15(17-14(12)20)21-11-10-18(5-2)6-3;/h4-11H2,1-3H3,(H2,16,17,19,20);1H/p-1. The van der Waals surface area contributed by atoms with Gasteiger partial charge in [-0.2, -0.15) is 4.98 Å². The number of halogens is 1. The number of rotatable bonds is 10. The Balaban J connectivity index is 0.00000441. The minimum atomic E-state index is -0.205. The van der Waals surface area contributed by atoms with Crippen LogP contribution in [0.15, 0.2) is 9.95 Å². The Morgan fingerprint density at radius 3 is 2.45 bits per heavy atom. The zero-order chi connectivity index (χ0) is 15.7. The molecule has 0 aliphatic carbocycles. The molecule has 0 saturated carbocycles. The quantitative estimate of drug-likeness (QED) is 0.343. The van der Waals surface area contributed by atoms with E-state index in [2.05, 4.69) is 35.6 Å². The molecule has 0 atom stereocenters. The summed E-state index contributed by atoms with van der Waals surface area (Å²) in [5.74, 6) is 0.736. The summed E-state index contributed by atoms with van der Waals surface area (Å²) in [6.45, 7) is 9.35. The maximum Gasteiger partial charge on any atom is 0.258 e. The minimum absolute atomic E-state index is 0. The first kappa shape index (κ1) is 21.3. The molecular weight excluding hydrogens is 322 g/mol. The molecule has 0 unspecified atom stereocenters. The number of aromatic hydroxyl groups is 1. The molecule has 0 radical (unpaired) electrons. The van der Waals surface area contributed by atoms with E-state index in [1.807, 2.05) is 0 Å². The molecule has 5 nitrogen and oxygen atoms in total. The molecule has 1 aromatic rings. The van der Waals surface area contributed by atoms with Crippen molar-refractivity contribution >= 4 is 11.8 Å². The molecule has 0 bridgehead atoms. The molecule has 0 fully saturated rings. The first-order chi connectivity index (χ1) is 10.1. The second-order valence-corrected chi connectivity index (χ2v) is 6.09. The van der Waals surface area contributed by atoms with Crippen molar-refractivity contribution in [3.05, 3.63) is 15.9 Å². The van der Waals surface area contributed by atoms with E-state index in [0.717, 1.165) is 44.6 Å². The maximum absolute atomic E-state index is 12.0. The fraction of sp³-hybridized carbons (Fsp3) is 0.733. The van der Waals surface area contributed by atoms with Crippen LogP contribution in [-0.4, -0.2) is 45.4 Å². The fourth-order valence-corrected chi connectivity index (χ4v) is 2.98. The van der Waals surface area contributed by atoms with E-state index in [-0.39, 0.29) is 23.8 Å². The van der Waals surface area contributed by atoms with Gasteiger partial charge in [-0.25, -0.2) is 0 Å². The summed E-state index contributed by atoms with van der Waals surface area (Å²) < 4.78 is 0. The van der Waals surface area contributed by atoms with Gasteiger partial charge in [-0.15, -0.1) is 0 Å². The van der Waals surface area contributed by atoms with Crippen LogP contribution in [0.2, 0.25) is 0 Å². The van der Waals surface area contributed by atoms with Crippen LogP contribution in [0.4, 0.5) is 0 Å². The van der Waals surface area contributed by atoms with E-state index in [4.69, 9.17) is 0 Å². The van der Waals surface area contributed by atoms with Crippen LogP contribution in [-0.2, 0) is 6.42 Å². The normalized spacial score (nSPS) is 10.7. The molecule has 22 heavy (non-hydrogen) atoms. The third-order valence-corrected chi connectivity index (χ3v) is 4.40. The predicted molar refractivity (Wildman–Crippen MR) is 88.3 cm³/mol. The minimum Gasteiger partial charge on any atom is -1.00 e. The summed E-state index contributed by atoms with van der Waals surface area (Å²) in [6, 6.07) is 0. The average Bonchev–Trinajstić information content (AvgIpc) is 2.46. The SMILES string of the molecule is CCCCCc1c(O)nc(SCCN(CC)CC)[nH]c1=O.[Cl-]. The van der Waals surface area contributed by atoms with E-state index < -0.39 is 0 Å². The third-order valence-electron chi connectivity index (χ3n) is 3.54. The van der Waals surface area contributed by atoms with Crippen molar-refractivity contribution in [3.63, 3.8) is 0 Å². The molecule has 0 saturated heterocycles. The van der Waals surface area contributed by atoms with Gasteiger partial charge < -0.3 is 27.4 Å². The Labute approximate surface area is 143 Å². The molecular formula is C15H27ClN3O2S-. The highest BCUT2D eigenvalue weighted by Crippen LogP contribution is 2.18. The van der Waals surface area contributed by atoms with Gasteiger partial charge >= 0.3 is 0 Å². The van der Waals surface area contributed by atoms with Crippen LogP contribution in [0.5, 0.6) is 5.88 Å². The number of thioether (sulfide) groups is 1. The van der Waals surface area contributed by atoms with Gasteiger partial charge in [0.15, 0.2) is 5.16 Å². The van der Waals surface area contributed by atoms with Crippen molar-refractivity contribution in [2.24, 2.45) is 0 Å². The molecule has 1 aromatic heterocycles. The third kappa shape index (κ3) is 7.03. The first-order valence-corrected chi connectivity index (χ1v) is 8.78. The Bertz CT molecular complexity index is 478. The van der Waals surface area contributed by atoms with E-state index in [1.165, 1.54) is 11.8 Å². The van der Waals surface area contributed by atoms with Gasteiger partial charge in [-0.1, -0.05) is 45.4 Å². The van der Waals surface area contributed by atoms with Crippen molar-refractivity contribution in [3.8, 4) is 5.88 Å². The number of nitrogens with zero attached hydrogens (tertiary/aromatic N) is 2. The molecule has 0 aliphatic rings. The zero-order valence-corrected chi connectivity index (χ0v) is 15.3. The van der Waals surface area contributed by atoms with Gasteiger partial charge in [-0.05, 0) is 25.9 Å². The van der Waals surface area contributed by atoms with Crippen molar-refractivity contribution < 1.29 is 17.5 Å². The van der Waals surface area contributed by atoms with Crippen molar-refractivity contribution in [2.75, 3.05) is 25.4 Å². The van der Waals surface area contributed by atoms with Gasteiger partial charge in [0.25, 0.3) is 5.56 Å². The molecule has 1 rings (SSSR count). The van der Waals surface area contributed by atoms with Gasteiger partial charge in [0.2, 0.25) is 5.88 Å². The number of aromatic amines is 1. The lowest BCUT2D eigenvalue weighted by Crippen LogP contribution is -3.00. The monoisotopic (exact) mass is 348 g/mol. The molecule has 0 aliphatic heterocycles. The lowest BCUT2D eigenvalue weighted by molar-refractivity contribution is -0.00000589. The lowest BCUT2D eigenvalue weighted by Gasteiger charge is -2.17. The molecule has 0 amide bonds. The largest absolute Gasteiger partial charge is 1.00 e. The number of H-pyrrole nitrogens is 1. The van der Waals surface area contributed by atoms with Crippen LogP contribution in [0.3, 0.4) is 0 Å². The van der Waals surface area contributed by atoms with Crippen LogP contribution in [0.25, 0.3) is 0 Å². The van der Waals surface area contributed by atoms with Crippen LogP contribution >= 0.6 is 11.8 Å². The van der Waals surface area contributed by atoms with Crippen molar-refractivity contribution in [2.45, 2.75) is 51.6 Å². The van der Waals surface area contributed by atoms with Gasteiger partial charge in [0.05, 0.1) is 5.56 Å². The zero-order valence-electron chi connectivity index (χ0n) is 13.7. The molecule has 1 heterocycles. The summed E-state index contributed by atoms with van der Waals surface area (Å²) in [6.07, 6.45) is 3.64. The topological polar surface area (TPSA) is 69.2 Å². The molecule has 2 N–H and O–H groups in total. The molecule has 7 heteroatoms. The highest BCUT2D eigenvalue weighted by Gasteiger charge is 2.11. The summed E-state index contributed by atoms with van der Waals surface area (Å²) >= 11 is 1.48. The molecule has 0 aromatic carbocycles. The van der Waals surface area contributed by atoms with Gasteiger partial charge in [-0.3, -0.25) is 4.79 Å². The summed E-state index contributed by atoms with van der Waals surface area (Å²) in [5, 5.41) is 10.4. The van der Waals surface area contributed by atoms with Crippen LogP contribution < -0.4 is 18.0 Å².